The van der Waals surface area contributed by atoms with E-state index in [1.54, 1.807) is 30.2 Å². The van der Waals surface area contributed by atoms with Gasteiger partial charge in [-0.15, -0.1) is 0 Å². The molecule has 1 fully saturated rings. The standard InChI is InChI=1S/C24H32N2O8/c1-32-8-6-26(24(31)14-3-4-14)17-11-16(23(30)25-5-7-27)19-15-9-13(12-28)10-18(33-2)21(15)34-22(19)20(17)29/h9-11,14,17,19-20,22,27-29H,3-8,12H2,1-2H3,(H,25,30)/t17-,19+,20+,22+/m1/s1. The van der Waals surface area contributed by atoms with Crippen LogP contribution in [0.3, 0.4) is 0 Å². The fourth-order valence-electron chi connectivity index (χ4n) is 4.78. The highest BCUT2D eigenvalue weighted by Gasteiger charge is 2.52. The van der Waals surface area contributed by atoms with E-state index in [9.17, 15) is 24.9 Å². The molecule has 1 saturated carbocycles. The largest absolute Gasteiger partial charge is 0.493 e. The van der Waals surface area contributed by atoms with Gasteiger partial charge in [0.2, 0.25) is 11.8 Å². The summed E-state index contributed by atoms with van der Waals surface area (Å²) in [6.45, 7) is 0.142. The molecule has 2 aliphatic carbocycles. The van der Waals surface area contributed by atoms with Crippen LogP contribution in [0.2, 0.25) is 0 Å². The first-order chi connectivity index (χ1) is 16.4. The van der Waals surface area contributed by atoms with Crippen LogP contribution in [0.15, 0.2) is 23.8 Å². The third-order valence-corrected chi connectivity index (χ3v) is 6.60. The number of methoxy groups -OCH3 is 2. The van der Waals surface area contributed by atoms with Crippen LogP contribution in [0, 0.1) is 5.92 Å². The molecule has 0 bridgehead atoms. The molecule has 0 saturated heterocycles. The number of nitrogens with zero attached hydrogens (tertiary/aromatic N) is 1. The molecule has 1 heterocycles. The number of aliphatic hydroxyl groups excluding tert-OH is 3. The summed E-state index contributed by atoms with van der Waals surface area (Å²) in [6.07, 6.45) is 1.26. The Labute approximate surface area is 198 Å². The van der Waals surface area contributed by atoms with Gasteiger partial charge < -0.3 is 39.7 Å². The summed E-state index contributed by atoms with van der Waals surface area (Å²) in [5, 5.41) is 33.0. The Morgan fingerprint density at radius 1 is 1.24 bits per heavy atom. The van der Waals surface area contributed by atoms with Crippen LogP contribution in [0.1, 0.15) is 29.9 Å². The molecule has 10 nitrogen and oxygen atoms in total. The van der Waals surface area contributed by atoms with Crippen molar-refractivity contribution in [2.75, 3.05) is 40.5 Å². The van der Waals surface area contributed by atoms with Crippen LogP contribution in [0.5, 0.6) is 11.5 Å². The highest BCUT2D eigenvalue weighted by molar-refractivity contribution is 5.96. The summed E-state index contributed by atoms with van der Waals surface area (Å²) in [5.74, 6) is -0.443. The lowest BCUT2D eigenvalue weighted by Crippen LogP contribution is -2.56. The zero-order valence-corrected chi connectivity index (χ0v) is 19.4. The number of aliphatic hydroxyl groups is 3. The van der Waals surface area contributed by atoms with E-state index in [-0.39, 0.29) is 44.7 Å². The van der Waals surface area contributed by atoms with E-state index in [2.05, 4.69) is 5.32 Å². The molecule has 4 atom stereocenters. The van der Waals surface area contributed by atoms with Crippen molar-refractivity contribution in [3.63, 3.8) is 0 Å². The van der Waals surface area contributed by atoms with E-state index in [0.717, 1.165) is 12.8 Å². The second-order valence-electron chi connectivity index (χ2n) is 8.82. The Morgan fingerprint density at radius 3 is 2.62 bits per heavy atom. The SMILES string of the molecule is COCCN(C(=O)C1CC1)[C@@H]1C=C(C(=O)NCCO)[C@@H]2c3cc(CO)cc(OC)c3O[C@@H]2[C@H]1O. The summed E-state index contributed by atoms with van der Waals surface area (Å²) in [4.78, 5) is 27.9. The Kier molecular flexibility index (Phi) is 7.42. The number of rotatable bonds is 10. The maximum absolute atomic E-state index is 13.2. The number of benzene rings is 1. The molecule has 0 aromatic heterocycles. The molecule has 0 spiro atoms. The predicted molar refractivity (Wildman–Crippen MR) is 120 cm³/mol. The van der Waals surface area contributed by atoms with Gasteiger partial charge in [-0.05, 0) is 36.6 Å². The van der Waals surface area contributed by atoms with Crippen molar-refractivity contribution >= 4 is 11.8 Å². The monoisotopic (exact) mass is 476 g/mol. The van der Waals surface area contributed by atoms with Gasteiger partial charge >= 0.3 is 0 Å². The summed E-state index contributed by atoms with van der Waals surface area (Å²) >= 11 is 0. The molecular weight excluding hydrogens is 444 g/mol. The minimum atomic E-state index is -1.12. The maximum atomic E-state index is 13.2. The lowest BCUT2D eigenvalue weighted by Gasteiger charge is -2.40. The van der Waals surface area contributed by atoms with Crippen LogP contribution in [0.4, 0.5) is 0 Å². The van der Waals surface area contributed by atoms with Crippen molar-refractivity contribution in [1.82, 2.24) is 10.2 Å². The van der Waals surface area contributed by atoms with E-state index in [1.807, 2.05) is 0 Å². The predicted octanol–water partition coefficient (Wildman–Crippen LogP) is -0.305. The molecule has 4 rings (SSSR count). The van der Waals surface area contributed by atoms with Crippen molar-refractivity contribution < 1.29 is 39.1 Å². The van der Waals surface area contributed by atoms with Gasteiger partial charge in [0.25, 0.3) is 0 Å². The van der Waals surface area contributed by atoms with Crippen molar-refractivity contribution in [3.05, 3.63) is 34.9 Å². The van der Waals surface area contributed by atoms with Gasteiger partial charge in [-0.2, -0.15) is 0 Å². The fourth-order valence-corrected chi connectivity index (χ4v) is 4.78. The number of fused-ring (bicyclic) bond motifs is 3. The molecular formula is C24H32N2O8. The Bertz CT molecular complexity index is 961. The molecule has 1 aromatic carbocycles. The Balaban J connectivity index is 1.78. The summed E-state index contributed by atoms with van der Waals surface area (Å²) in [6, 6.07) is 2.59. The highest BCUT2D eigenvalue weighted by Crippen LogP contribution is 2.51. The van der Waals surface area contributed by atoms with Gasteiger partial charge in [0.1, 0.15) is 12.2 Å². The maximum Gasteiger partial charge on any atom is 0.247 e. The van der Waals surface area contributed by atoms with Crippen molar-refractivity contribution in [3.8, 4) is 11.5 Å². The average molecular weight is 477 g/mol. The summed E-state index contributed by atoms with van der Waals surface area (Å²) in [7, 11) is 3.02. The first kappa shape index (κ1) is 24.5. The number of hydrogen-bond donors (Lipinski definition) is 4. The van der Waals surface area contributed by atoms with E-state index in [0.29, 0.717) is 28.2 Å². The highest BCUT2D eigenvalue weighted by atomic mass is 16.5. The van der Waals surface area contributed by atoms with E-state index in [4.69, 9.17) is 14.2 Å². The molecule has 0 unspecified atom stereocenters. The van der Waals surface area contributed by atoms with Crippen molar-refractivity contribution in [1.29, 1.82) is 0 Å². The zero-order valence-electron chi connectivity index (χ0n) is 19.4. The van der Waals surface area contributed by atoms with Crippen LogP contribution in [-0.2, 0) is 20.9 Å². The number of carbonyl (C=O) groups excluding carboxylic acids is 2. The smallest absolute Gasteiger partial charge is 0.247 e. The van der Waals surface area contributed by atoms with E-state index < -0.39 is 30.1 Å². The van der Waals surface area contributed by atoms with Gasteiger partial charge in [0.05, 0.1) is 38.9 Å². The van der Waals surface area contributed by atoms with Crippen molar-refractivity contribution in [2.45, 2.75) is 43.6 Å². The zero-order chi connectivity index (χ0) is 24.4. The van der Waals surface area contributed by atoms with Gasteiger partial charge in [0, 0.05) is 37.3 Å². The molecule has 34 heavy (non-hydrogen) atoms. The van der Waals surface area contributed by atoms with Gasteiger partial charge in [-0.1, -0.05) is 0 Å². The van der Waals surface area contributed by atoms with E-state index >= 15 is 0 Å². The molecule has 1 aliphatic heterocycles. The van der Waals surface area contributed by atoms with Crippen LogP contribution in [-0.4, -0.2) is 90.8 Å². The van der Waals surface area contributed by atoms with Gasteiger partial charge in [-0.3, -0.25) is 9.59 Å². The topological polar surface area (TPSA) is 138 Å². The number of amides is 2. The van der Waals surface area contributed by atoms with Crippen LogP contribution in [0.25, 0.3) is 0 Å². The molecule has 4 N–H and O–H groups in total. The molecule has 10 heteroatoms. The lowest BCUT2D eigenvalue weighted by molar-refractivity contribution is -0.139. The number of nitrogens with one attached hydrogen (secondary N) is 1. The second-order valence-corrected chi connectivity index (χ2v) is 8.82. The first-order valence-corrected chi connectivity index (χ1v) is 11.5. The van der Waals surface area contributed by atoms with Gasteiger partial charge in [0.15, 0.2) is 11.5 Å². The normalized spacial score (nSPS) is 25.0. The Morgan fingerprint density at radius 2 is 2.00 bits per heavy atom. The third-order valence-electron chi connectivity index (χ3n) is 6.60. The summed E-state index contributed by atoms with van der Waals surface area (Å²) in [5.41, 5.74) is 1.53. The minimum Gasteiger partial charge on any atom is -0.493 e. The molecule has 0 radical (unpaired) electrons. The molecule has 3 aliphatic rings. The second kappa shape index (κ2) is 10.3. The lowest BCUT2D eigenvalue weighted by atomic mass is 9.77. The first-order valence-electron chi connectivity index (χ1n) is 11.5. The van der Waals surface area contributed by atoms with Crippen molar-refractivity contribution in [2.24, 2.45) is 5.92 Å². The number of ether oxygens (including phenoxy) is 3. The summed E-state index contributed by atoms with van der Waals surface area (Å²) < 4.78 is 16.8. The molecule has 186 valence electrons. The van der Waals surface area contributed by atoms with Crippen LogP contribution >= 0.6 is 0 Å². The fraction of sp³-hybridized carbons (Fsp3) is 0.583. The number of hydrogen-bond acceptors (Lipinski definition) is 8. The molecule has 1 aromatic rings. The van der Waals surface area contributed by atoms with E-state index in [1.165, 1.54) is 7.11 Å². The average Bonchev–Trinajstić information content (AvgIpc) is 3.63. The third kappa shape index (κ3) is 4.50. The minimum absolute atomic E-state index is 0.0584. The van der Waals surface area contributed by atoms with Crippen LogP contribution < -0.4 is 14.8 Å². The number of carbonyl (C=O) groups is 2. The Hall–Kier alpha value is -2.66. The van der Waals surface area contributed by atoms with Gasteiger partial charge in [-0.25, -0.2) is 0 Å². The molecule has 2 amide bonds. The quantitative estimate of drug-likeness (QED) is 0.361.